The minimum Gasteiger partial charge on any atom is -0.332 e. The third-order valence-electron chi connectivity index (χ3n) is 2.88. The largest absolute Gasteiger partial charge is 0.332 e. The molecule has 0 amide bonds. The summed E-state index contributed by atoms with van der Waals surface area (Å²) in [4.78, 5) is 4.61. The van der Waals surface area contributed by atoms with Crippen LogP contribution in [0.4, 0.5) is 10.8 Å². The van der Waals surface area contributed by atoms with Crippen LogP contribution in [-0.4, -0.2) is 4.98 Å². The number of hydrogen-bond acceptors (Lipinski definition) is 3. The van der Waals surface area contributed by atoms with E-state index < -0.39 is 0 Å². The van der Waals surface area contributed by atoms with Gasteiger partial charge in [-0.3, -0.25) is 0 Å². The molecule has 2 nitrogen and oxygen atoms in total. The van der Waals surface area contributed by atoms with Crippen LogP contribution in [0, 0.1) is 6.92 Å². The lowest BCUT2D eigenvalue weighted by atomic mass is 10.2. The first-order chi connectivity index (χ1) is 9.31. The van der Waals surface area contributed by atoms with Crippen molar-refractivity contribution in [1.82, 2.24) is 4.98 Å². The quantitative estimate of drug-likeness (QED) is 0.732. The zero-order valence-corrected chi connectivity index (χ0v) is 11.4. The van der Waals surface area contributed by atoms with Gasteiger partial charge in [0.2, 0.25) is 0 Å². The Bertz CT molecular complexity index is 657. The molecule has 0 aliphatic carbocycles. The number of thiazole rings is 1. The van der Waals surface area contributed by atoms with Gasteiger partial charge in [0.15, 0.2) is 5.13 Å². The van der Waals surface area contributed by atoms with Gasteiger partial charge in [-0.15, -0.1) is 11.3 Å². The highest BCUT2D eigenvalue weighted by molar-refractivity contribution is 7.14. The van der Waals surface area contributed by atoms with Gasteiger partial charge >= 0.3 is 0 Å². The molecule has 1 N–H and O–H groups in total. The lowest BCUT2D eigenvalue weighted by Gasteiger charge is -2.02. The zero-order valence-electron chi connectivity index (χ0n) is 10.6. The van der Waals surface area contributed by atoms with Crippen molar-refractivity contribution in [3.63, 3.8) is 0 Å². The third kappa shape index (κ3) is 2.83. The number of anilines is 2. The second kappa shape index (κ2) is 5.24. The van der Waals surface area contributed by atoms with Crippen molar-refractivity contribution in [2.45, 2.75) is 6.92 Å². The first kappa shape index (κ1) is 11.9. The molecule has 19 heavy (non-hydrogen) atoms. The molecule has 2 aromatic carbocycles. The standard InChI is InChI=1S/C16H14N2S/c1-12-7-9-14(10-8-12)17-16-18-15(11-19-16)13-5-3-2-4-6-13/h2-11H,1H3,(H,17,18). The molecular weight excluding hydrogens is 252 g/mol. The van der Waals surface area contributed by atoms with E-state index in [-0.39, 0.29) is 0 Å². The van der Waals surface area contributed by atoms with E-state index in [1.807, 2.05) is 18.2 Å². The maximum Gasteiger partial charge on any atom is 0.187 e. The molecule has 0 atom stereocenters. The number of nitrogens with one attached hydrogen (secondary N) is 1. The minimum absolute atomic E-state index is 0.919. The van der Waals surface area contributed by atoms with Crippen LogP contribution in [0.15, 0.2) is 60.0 Å². The Labute approximate surface area is 116 Å². The molecule has 0 aliphatic heterocycles. The molecule has 0 unspecified atom stereocenters. The van der Waals surface area contributed by atoms with Crippen LogP contribution >= 0.6 is 11.3 Å². The van der Waals surface area contributed by atoms with Gasteiger partial charge in [0, 0.05) is 16.6 Å². The number of nitrogens with zero attached hydrogens (tertiary/aromatic N) is 1. The summed E-state index contributed by atoms with van der Waals surface area (Å²) >= 11 is 1.62. The molecular formula is C16H14N2S. The van der Waals surface area contributed by atoms with E-state index in [1.165, 1.54) is 5.56 Å². The van der Waals surface area contributed by atoms with Gasteiger partial charge in [-0.1, -0.05) is 48.0 Å². The van der Waals surface area contributed by atoms with Crippen LogP contribution in [0.5, 0.6) is 0 Å². The maximum atomic E-state index is 4.61. The average Bonchev–Trinajstić information content (AvgIpc) is 2.91. The molecule has 1 heterocycles. The second-order valence-corrected chi connectivity index (χ2v) is 5.25. The lowest BCUT2D eigenvalue weighted by molar-refractivity contribution is 1.38. The van der Waals surface area contributed by atoms with Gasteiger partial charge in [-0.2, -0.15) is 0 Å². The van der Waals surface area contributed by atoms with Gasteiger partial charge < -0.3 is 5.32 Å². The summed E-state index contributed by atoms with van der Waals surface area (Å²) in [6.45, 7) is 2.08. The Morgan fingerprint density at radius 2 is 1.68 bits per heavy atom. The van der Waals surface area contributed by atoms with Crippen LogP contribution in [-0.2, 0) is 0 Å². The van der Waals surface area contributed by atoms with Crippen molar-refractivity contribution in [3.05, 3.63) is 65.5 Å². The molecule has 0 aliphatic rings. The van der Waals surface area contributed by atoms with Crippen LogP contribution < -0.4 is 5.32 Å². The minimum atomic E-state index is 0.919. The summed E-state index contributed by atoms with van der Waals surface area (Å²) in [7, 11) is 0. The molecule has 0 fully saturated rings. The fourth-order valence-electron chi connectivity index (χ4n) is 1.83. The summed E-state index contributed by atoms with van der Waals surface area (Å²) in [5.41, 5.74) is 4.49. The molecule has 3 rings (SSSR count). The van der Waals surface area contributed by atoms with Gasteiger partial charge in [0.1, 0.15) is 0 Å². The van der Waals surface area contributed by atoms with Crippen LogP contribution in [0.3, 0.4) is 0 Å². The third-order valence-corrected chi connectivity index (χ3v) is 3.63. The molecule has 3 heteroatoms. The van der Waals surface area contributed by atoms with Crippen molar-refractivity contribution in [2.75, 3.05) is 5.32 Å². The first-order valence-electron chi connectivity index (χ1n) is 6.16. The maximum absolute atomic E-state index is 4.61. The van der Waals surface area contributed by atoms with Crippen molar-refractivity contribution in [3.8, 4) is 11.3 Å². The summed E-state index contributed by atoms with van der Waals surface area (Å²) in [6, 6.07) is 18.5. The van der Waals surface area contributed by atoms with E-state index in [1.54, 1.807) is 11.3 Å². The molecule has 1 aromatic heterocycles. The Morgan fingerprint density at radius 1 is 0.947 bits per heavy atom. The number of rotatable bonds is 3. The predicted octanol–water partition coefficient (Wildman–Crippen LogP) is 4.86. The summed E-state index contributed by atoms with van der Waals surface area (Å²) in [5, 5.41) is 6.32. The van der Waals surface area contributed by atoms with Crippen molar-refractivity contribution >= 4 is 22.2 Å². The molecule has 94 valence electrons. The highest BCUT2D eigenvalue weighted by atomic mass is 32.1. The normalized spacial score (nSPS) is 10.4. The van der Waals surface area contributed by atoms with Gasteiger partial charge in [-0.25, -0.2) is 4.98 Å². The van der Waals surface area contributed by atoms with Crippen LogP contribution in [0.1, 0.15) is 5.56 Å². The Morgan fingerprint density at radius 3 is 2.42 bits per heavy atom. The van der Waals surface area contributed by atoms with Crippen LogP contribution in [0.25, 0.3) is 11.3 Å². The fourth-order valence-corrected chi connectivity index (χ4v) is 2.57. The number of aromatic nitrogens is 1. The topological polar surface area (TPSA) is 24.9 Å². The van der Waals surface area contributed by atoms with Crippen LogP contribution in [0.2, 0.25) is 0 Å². The summed E-state index contributed by atoms with van der Waals surface area (Å²) < 4.78 is 0. The van der Waals surface area contributed by atoms with E-state index >= 15 is 0 Å². The monoisotopic (exact) mass is 266 g/mol. The zero-order chi connectivity index (χ0) is 13.1. The highest BCUT2D eigenvalue weighted by Gasteiger charge is 2.04. The molecule has 0 bridgehead atoms. The Hall–Kier alpha value is -2.13. The number of aryl methyl sites for hydroxylation is 1. The second-order valence-electron chi connectivity index (χ2n) is 4.39. The van der Waals surface area contributed by atoms with Crippen molar-refractivity contribution in [1.29, 1.82) is 0 Å². The van der Waals surface area contributed by atoms with E-state index in [0.717, 1.165) is 22.1 Å². The van der Waals surface area contributed by atoms with Gasteiger partial charge in [0.25, 0.3) is 0 Å². The molecule has 0 radical (unpaired) electrons. The van der Waals surface area contributed by atoms with E-state index in [9.17, 15) is 0 Å². The molecule has 3 aromatic rings. The summed E-state index contributed by atoms with van der Waals surface area (Å²) in [5.74, 6) is 0. The first-order valence-corrected chi connectivity index (χ1v) is 7.04. The Kier molecular flexibility index (Phi) is 3.29. The van der Waals surface area contributed by atoms with Gasteiger partial charge in [0.05, 0.1) is 5.69 Å². The summed E-state index contributed by atoms with van der Waals surface area (Å²) in [6.07, 6.45) is 0. The van der Waals surface area contributed by atoms with Crippen molar-refractivity contribution < 1.29 is 0 Å². The molecule has 0 spiro atoms. The van der Waals surface area contributed by atoms with E-state index in [2.05, 4.69) is 59.0 Å². The number of benzene rings is 2. The lowest BCUT2D eigenvalue weighted by Crippen LogP contribution is -1.89. The number of hydrogen-bond donors (Lipinski definition) is 1. The van der Waals surface area contributed by atoms with Crippen molar-refractivity contribution in [2.24, 2.45) is 0 Å². The van der Waals surface area contributed by atoms with E-state index in [4.69, 9.17) is 0 Å². The van der Waals surface area contributed by atoms with Gasteiger partial charge in [-0.05, 0) is 19.1 Å². The highest BCUT2D eigenvalue weighted by Crippen LogP contribution is 2.26. The average molecular weight is 266 g/mol. The fraction of sp³-hybridized carbons (Fsp3) is 0.0625. The molecule has 0 saturated carbocycles. The predicted molar refractivity (Wildman–Crippen MR) is 82.0 cm³/mol. The Balaban J connectivity index is 1.80. The SMILES string of the molecule is Cc1ccc(Nc2nc(-c3ccccc3)cs2)cc1. The molecule has 0 saturated heterocycles. The smallest absolute Gasteiger partial charge is 0.187 e. The van der Waals surface area contributed by atoms with E-state index in [0.29, 0.717) is 0 Å².